The number of carboxylic acid groups (broad SMARTS) is 1. The molecule has 0 spiro atoms. The van der Waals surface area contributed by atoms with Crippen LogP contribution in [0.15, 0.2) is 48.5 Å². The first-order valence-corrected chi connectivity index (χ1v) is 7.08. The number of aromatic carboxylic acids is 1. The Morgan fingerprint density at radius 2 is 2.00 bits per heavy atom. The van der Waals surface area contributed by atoms with E-state index >= 15 is 0 Å². The molecule has 0 atom stereocenters. The van der Waals surface area contributed by atoms with E-state index in [-0.39, 0.29) is 17.9 Å². The Morgan fingerprint density at radius 3 is 2.76 bits per heavy atom. The number of rotatable bonds is 4. The van der Waals surface area contributed by atoms with Crippen molar-refractivity contribution in [3.05, 3.63) is 64.8 Å². The first-order valence-electron chi connectivity index (χ1n) is 6.26. The average molecular weight is 302 g/mol. The fourth-order valence-corrected chi connectivity index (χ4v) is 3.02. The molecular formula is C16H11FO3S. The summed E-state index contributed by atoms with van der Waals surface area (Å²) >= 11 is 1.44. The molecule has 3 aromatic rings. The van der Waals surface area contributed by atoms with Gasteiger partial charge in [0.15, 0.2) is 11.6 Å². The summed E-state index contributed by atoms with van der Waals surface area (Å²) in [5, 5.41) is 9.93. The molecule has 0 unspecified atom stereocenters. The minimum Gasteiger partial charge on any atom is -0.485 e. The number of hydrogen-bond acceptors (Lipinski definition) is 3. The highest BCUT2D eigenvalue weighted by molar-refractivity contribution is 7.19. The van der Waals surface area contributed by atoms with Crippen LogP contribution in [0.5, 0.6) is 5.75 Å². The van der Waals surface area contributed by atoms with Gasteiger partial charge in [-0.2, -0.15) is 0 Å². The van der Waals surface area contributed by atoms with E-state index in [4.69, 9.17) is 9.84 Å². The lowest BCUT2D eigenvalue weighted by molar-refractivity contribution is 0.0697. The highest BCUT2D eigenvalue weighted by Crippen LogP contribution is 2.28. The Labute approximate surface area is 124 Å². The highest BCUT2D eigenvalue weighted by atomic mass is 32.1. The third-order valence-corrected chi connectivity index (χ3v) is 4.10. The summed E-state index contributed by atoms with van der Waals surface area (Å²) < 4.78 is 19.8. The van der Waals surface area contributed by atoms with Crippen molar-refractivity contribution in [2.45, 2.75) is 6.61 Å². The lowest BCUT2D eigenvalue weighted by Crippen LogP contribution is -1.94. The maximum Gasteiger partial charge on any atom is 0.335 e. The van der Waals surface area contributed by atoms with Gasteiger partial charge in [-0.25, -0.2) is 9.18 Å². The predicted molar refractivity (Wildman–Crippen MR) is 79.5 cm³/mol. The van der Waals surface area contributed by atoms with E-state index in [9.17, 15) is 9.18 Å². The molecule has 3 rings (SSSR count). The van der Waals surface area contributed by atoms with Crippen LogP contribution in [0.3, 0.4) is 0 Å². The summed E-state index contributed by atoms with van der Waals surface area (Å²) in [5.41, 5.74) is 0.255. The molecule has 5 heteroatoms. The molecule has 2 aromatic carbocycles. The monoisotopic (exact) mass is 302 g/mol. The normalized spacial score (nSPS) is 10.7. The van der Waals surface area contributed by atoms with Crippen LogP contribution in [0.2, 0.25) is 0 Å². The van der Waals surface area contributed by atoms with E-state index in [1.165, 1.54) is 17.4 Å². The quantitative estimate of drug-likeness (QED) is 0.781. The molecule has 0 fully saturated rings. The number of ether oxygens (including phenoxy) is 1. The molecule has 21 heavy (non-hydrogen) atoms. The largest absolute Gasteiger partial charge is 0.485 e. The SMILES string of the molecule is O=C(O)c1ccc2cc(COc3ccccc3F)sc2c1. The predicted octanol–water partition coefficient (Wildman–Crippen LogP) is 4.32. The second-order valence-corrected chi connectivity index (χ2v) is 5.66. The minimum absolute atomic E-state index is 0.209. The molecule has 0 saturated carbocycles. The van der Waals surface area contributed by atoms with E-state index < -0.39 is 11.8 Å². The van der Waals surface area contributed by atoms with Crippen molar-refractivity contribution in [2.24, 2.45) is 0 Å². The number of hydrogen-bond donors (Lipinski definition) is 1. The average Bonchev–Trinajstić information content (AvgIpc) is 2.88. The Balaban J connectivity index is 1.82. The van der Waals surface area contributed by atoms with Crippen molar-refractivity contribution < 1.29 is 19.0 Å². The molecule has 1 N–H and O–H groups in total. The smallest absolute Gasteiger partial charge is 0.335 e. The fraction of sp³-hybridized carbons (Fsp3) is 0.0625. The van der Waals surface area contributed by atoms with Gasteiger partial charge in [0.25, 0.3) is 0 Å². The summed E-state index contributed by atoms with van der Waals surface area (Å²) in [6.07, 6.45) is 0. The fourth-order valence-electron chi connectivity index (χ4n) is 2.00. The standard InChI is InChI=1S/C16H11FO3S/c17-13-3-1-2-4-14(13)20-9-12-7-10-5-6-11(16(18)19)8-15(10)21-12/h1-8H,9H2,(H,18,19). The number of para-hydroxylation sites is 1. The van der Waals surface area contributed by atoms with Crippen molar-refractivity contribution in [3.8, 4) is 5.75 Å². The van der Waals surface area contributed by atoms with Gasteiger partial charge in [-0.3, -0.25) is 0 Å². The number of halogens is 1. The van der Waals surface area contributed by atoms with Crippen molar-refractivity contribution >= 4 is 27.4 Å². The molecule has 1 heterocycles. The van der Waals surface area contributed by atoms with Gasteiger partial charge < -0.3 is 9.84 Å². The molecule has 0 aliphatic rings. The van der Waals surface area contributed by atoms with E-state index in [1.807, 2.05) is 6.07 Å². The Hall–Kier alpha value is -2.40. The molecule has 0 aliphatic carbocycles. The topological polar surface area (TPSA) is 46.5 Å². The minimum atomic E-state index is -0.950. The van der Waals surface area contributed by atoms with Gasteiger partial charge in [0.1, 0.15) is 6.61 Å². The van der Waals surface area contributed by atoms with Crippen LogP contribution in [0, 0.1) is 5.82 Å². The van der Waals surface area contributed by atoms with Crippen LogP contribution < -0.4 is 4.74 Å². The Bertz CT molecular complexity index is 810. The molecule has 1 aromatic heterocycles. The number of carboxylic acids is 1. The number of carbonyl (C=O) groups is 1. The number of benzene rings is 2. The highest BCUT2D eigenvalue weighted by Gasteiger charge is 2.08. The van der Waals surface area contributed by atoms with Gasteiger partial charge in [0, 0.05) is 9.58 Å². The van der Waals surface area contributed by atoms with Crippen molar-refractivity contribution in [1.29, 1.82) is 0 Å². The van der Waals surface area contributed by atoms with Gasteiger partial charge >= 0.3 is 5.97 Å². The van der Waals surface area contributed by atoms with Crippen molar-refractivity contribution in [1.82, 2.24) is 0 Å². The van der Waals surface area contributed by atoms with E-state index in [0.717, 1.165) is 15.0 Å². The molecule has 3 nitrogen and oxygen atoms in total. The zero-order valence-electron chi connectivity index (χ0n) is 10.9. The molecule has 0 radical (unpaired) electrons. The van der Waals surface area contributed by atoms with Gasteiger partial charge in [-0.1, -0.05) is 18.2 Å². The first kappa shape index (κ1) is 13.6. The van der Waals surface area contributed by atoms with Crippen LogP contribution in [0.4, 0.5) is 4.39 Å². The van der Waals surface area contributed by atoms with Crippen LogP contribution >= 0.6 is 11.3 Å². The van der Waals surface area contributed by atoms with E-state index in [1.54, 1.807) is 36.4 Å². The lowest BCUT2D eigenvalue weighted by atomic mass is 10.2. The summed E-state index contributed by atoms with van der Waals surface area (Å²) in [5.74, 6) is -1.14. The summed E-state index contributed by atoms with van der Waals surface area (Å²) in [7, 11) is 0. The molecule has 0 amide bonds. The van der Waals surface area contributed by atoms with Crippen LogP contribution in [-0.2, 0) is 6.61 Å². The third kappa shape index (κ3) is 2.87. The Morgan fingerprint density at radius 1 is 1.19 bits per heavy atom. The van der Waals surface area contributed by atoms with Gasteiger partial charge in [-0.05, 0) is 35.7 Å². The van der Waals surface area contributed by atoms with Gasteiger partial charge in [0.2, 0.25) is 0 Å². The first-order chi connectivity index (χ1) is 10.1. The number of thiophene rings is 1. The Kier molecular flexibility index (Phi) is 3.58. The van der Waals surface area contributed by atoms with Crippen molar-refractivity contribution in [3.63, 3.8) is 0 Å². The summed E-state index contributed by atoms with van der Waals surface area (Å²) in [6.45, 7) is 0.253. The second-order valence-electron chi connectivity index (χ2n) is 4.49. The molecule has 106 valence electrons. The van der Waals surface area contributed by atoms with Gasteiger partial charge in [0.05, 0.1) is 5.56 Å². The van der Waals surface area contributed by atoms with E-state index in [2.05, 4.69) is 0 Å². The zero-order chi connectivity index (χ0) is 14.8. The second kappa shape index (κ2) is 5.54. The van der Waals surface area contributed by atoms with E-state index in [0.29, 0.717) is 0 Å². The molecule has 0 saturated heterocycles. The maximum absolute atomic E-state index is 13.5. The van der Waals surface area contributed by atoms with Crippen molar-refractivity contribution in [2.75, 3.05) is 0 Å². The summed E-state index contributed by atoms with van der Waals surface area (Å²) in [4.78, 5) is 11.9. The molecule has 0 aliphatic heterocycles. The summed E-state index contributed by atoms with van der Waals surface area (Å²) in [6, 6.07) is 13.1. The maximum atomic E-state index is 13.5. The van der Waals surface area contributed by atoms with Crippen LogP contribution in [0.1, 0.15) is 15.2 Å². The third-order valence-electron chi connectivity index (χ3n) is 3.02. The van der Waals surface area contributed by atoms with Crippen LogP contribution in [0.25, 0.3) is 10.1 Å². The zero-order valence-corrected chi connectivity index (χ0v) is 11.7. The molecule has 0 bridgehead atoms. The van der Waals surface area contributed by atoms with Gasteiger partial charge in [-0.15, -0.1) is 11.3 Å². The molecular weight excluding hydrogens is 291 g/mol. The number of fused-ring (bicyclic) bond motifs is 1. The lowest BCUT2D eigenvalue weighted by Gasteiger charge is -2.04. The van der Waals surface area contributed by atoms with Crippen LogP contribution in [-0.4, -0.2) is 11.1 Å².